The van der Waals surface area contributed by atoms with Gasteiger partial charge in [-0.25, -0.2) is 0 Å². The van der Waals surface area contributed by atoms with E-state index in [1.54, 1.807) is 42.5 Å². The van der Waals surface area contributed by atoms with Crippen molar-refractivity contribution in [3.05, 3.63) is 64.3 Å². The Hall–Kier alpha value is -3.16. The Morgan fingerprint density at radius 1 is 1.10 bits per heavy atom. The van der Waals surface area contributed by atoms with Crippen LogP contribution in [0.15, 0.2) is 48.2 Å². The summed E-state index contributed by atoms with van der Waals surface area (Å²) in [6.07, 6.45) is 0. The maximum absolute atomic E-state index is 13.1. The van der Waals surface area contributed by atoms with E-state index in [4.69, 9.17) is 16.3 Å². The highest BCUT2D eigenvalue weighted by Crippen LogP contribution is 2.33. The van der Waals surface area contributed by atoms with Gasteiger partial charge in [-0.15, -0.1) is 0 Å². The first-order chi connectivity index (χ1) is 14.3. The number of rotatable bonds is 7. The molecule has 1 aliphatic rings. The number of carbonyl (C=O) groups is 3. The molecular weight excluding hydrogens is 406 g/mol. The van der Waals surface area contributed by atoms with Crippen LogP contribution >= 0.6 is 11.6 Å². The Morgan fingerprint density at radius 3 is 2.43 bits per heavy atom. The summed E-state index contributed by atoms with van der Waals surface area (Å²) in [4.78, 5) is 38.6. The summed E-state index contributed by atoms with van der Waals surface area (Å²) >= 11 is 6.20. The van der Waals surface area contributed by atoms with Crippen LogP contribution in [0, 0.1) is 6.92 Å². The van der Waals surface area contributed by atoms with Crippen LogP contribution in [0.25, 0.3) is 5.57 Å². The first kappa shape index (κ1) is 21.5. The molecule has 0 bridgehead atoms. The van der Waals surface area contributed by atoms with Crippen molar-refractivity contribution in [3.8, 4) is 0 Å². The molecule has 8 heteroatoms. The van der Waals surface area contributed by atoms with Gasteiger partial charge in [-0.05, 0) is 42.3 Å². The molecule has 0 spiro atoms. The lowest BCUT2D eigenvalue weighted by atomic mass is 10.0. The van der Waals surface area contributed by atoms with Crippen molar-refractivity contribution in [2.45, 2.75) is 13.8 Å². The number of methoxy groups -OCH3 is 1. The topological polar surface area (TPSA) is 87.7 Å². The minimum absolute atomic E-state index is 0.140. The molecule has 2 N–H and O–H groups in total. The van der Waals surface area contributed by atoms with Gasteiger partial charge in [0.1, 0.15) is 5.70 Å². The average molecular weight is 428 g/mol. The van der Waals surface area contributed by atoms with Crippen LogP contribution in [0.3, 0.4) is 0 Å². The Balaban J connectivity index is 2.04. The molecule has 1 aliphatic heterocycles. The summed E-state index contributed by atoms with van der Waals surface area (Å²) < 4.78 is 5.04. The smallest absolute Gasteiger partial charge is 0.278 e. The van der Waals surface area contributed by atoms with Crippen molar-refractivity contribution >= 4 is 46.3 Å². The second-order valence-electron chi connectivity index (χ2n) is 6.80. The molecular formula is C22H22ClN3O4. The zero-order valence-corrected chi connectivity index (χ0v) is 17.7. The van der Waals surface area contributed by atoms with Gasteiger partial charge in [-0.1, -0.05) is 29.8 Å². The molecule has 2 aromatic carbocycles. The van der Waals surface area contributed by atoms with E-state index in [2.05, 4.69) is 10.6 Å². The van der Waals surface area contributed by atoms with Crippen molar-refractivity contribution < 1.29 is 19.1 Å². The van der Waals surface area contributed by atoms with Crippen LogP contribution in [0.5, 0.6) is 0 Å². The largest absolute Gasteiger partial charge is 0.383 e. The monoisotopic (exact) mass is 427 g/mol. The van der Waals surface area contributed by atoms with Gasteiger partial charge in [0.2, 0.25) is 5.91 Å². The molecule has 1 heterocycles. The van der Waals surface area contributed by atoms with E-state index in [0.717, 1.165) is 10.5 Å². The van der Waals surface area contributed by atoms with Crippen LogP contribution < -0.4 is 10.6 Å². The second kappa shape index (κ2) is 9.11. The highest BCUT2D eigenvalue weighted by molar-refractivity contribution is 6.36. The Morgan fingerprint density at radius 2 is 1.80 bits per heavy atom. The predicted molar refractivity (Wildman–Crippen MR) is 116 cm³/mol. The minimum Gasteiger partial charge on any atom is -0.383 e. The average Bonchev–Trinajstić information content (AvgIpc) is 2.93. The fourth-order valence-electron chi connectivity index (χ4n) is 3.15. The van der Waals surface area contributed by atoms with Crippen molar-refractivity contribution in [3.63, 3.8) is 0 Å². The number of nitrogens with one attached hydrogen (secondary N) is 2. The summed E-state index contributed by atoms with van der Waals surface area (Å²) in [6.45, 7) is 3.62. The van der Waals surface area contributed by atoms with E-state index >= 15 is 0 Å². The molecule has 156 valence electrons. The molecule has 30 heavy (non-hydrogen) atoms. The van der Waals surface area contributed by atoms with Crippen molar-refractivity contribution in [2.24, 2.45) is 0 Å². The number of hydrogen-bond acceptors (Lipinski definition) is 5. The molecule has 3 rings (SSSR count). The number of benzene rings is 2. The molecule has 0 aliphatic carbocycles. The van der Waals surface area contributed by atoms with Gasteiger partial charge in [-0.3, -0.25) is 19.3 Å². The molecule has 7 nitrogen and oxygen atoms in total. The highest BCUT2D eigenvalue weighted by Gasteiger charge is 2.39. The number of nitrogens with zero attached hydrogens (tertiary/aromatic N) is 1. The maximum Gasteiger partial charge on any atom is 0.278 e. The fraction of sp³-hybridized carbons (Fsp3) is 0.227. The normalized spacial score (nSPS) is 13.8. The van der Waals surface area contributed by atoms with Gasteiger partial charge in [0.15, 0.2) is 0 Å². The van der Waals surface area contributed by atoms with Crippen LogP contribution in [0.2, 0.25) is 5.02 Å². The third-order valence-electron chi connectivity index (χ3n) is 4.71. The summed E-state index contributed by atoms with van der Waals surface area (Å²) in [6, 6.07) is 12.1. The summed E-state index contributed by atoms with van der Waals surface area (Å²) in [5.41, 5.74) is 2.99. The minimum atomic E-state index is -0.433. The van der Waals surface area contributed by atoms with Crippen LogP contribution in [-0.4, -0.2) is 42.9 Å². The van der Waals surface area contributed by atoms with Crippen LogP contribution in [-0.2, 0) is 19.1 Å². The van der Waals surface area contributed by atoms with E-state index in [-0.39, 0.29) is 30.3 Å². The Labute approximate surface area is 179 Å². The molecule has 0 radical (unpaired) electrons. The number of hydrogen-bond donors (Lipinski definition) is 2. The predicted octanol–water partition coefficient (Wildman–Crippen LogP) is 3.45. The first-order valence-corrected chi connectivity index (χ1v) is 9.71. The molecule has 0 saturated heterocycles. The number of carbonyl (C=O) groups excluding carboxylic acids is 3. The quantitative estimate of drug-likeness (QED) is 0.661. The van der Waals surface area contributed by atoms with E-state index in [1.807, 2.05) is 6.92 Å². The van der Waals surface area contributed by atoms with Crippen LogP contribution in [0.1, 0.15) is 18.1 Å². The molecule has 0 atom stereocenters. The number of halogens is 1. The van der Waals surface area contributed by atoms with E-state index in [9.17, 15) is 14.4 Å². The first-order valence-electron chi connectivity index (χ1n) is 9.33. The van der Waals surface area contributed by atoms with Crippen molar-refractivity contribution in [1.82, 2.24) is 4.90 Å². The second-order valence-corrected chi connectivity index (χ2v) is 7.21. The van der Waals surface area contributed by atoms with Gasteiger partial charge in [0.25, 0.3) is 11.8 Å². The molecule has 2 aromatic rings. The number of ether oxygens (including phenoxy) is 1. The number of amides is 3. The van der Waals surface area contributed by atoms with Gasteiger partial charge in [0, 0.05) is 30.4 Å². The van der Waals surface area contributed by atoms with Gasteiger partial charge < -0.3 is 15.4 Å². The lowest BCUT2D eigenvalue weighted by Gasteiger charge is -2.15. The van der Waals surface area contributed by atoms with Crippen molar-refractivity contribution in [2.75, 3.05) is 30.9 Å². The third-order valence-corrected chi connectivity index (χ3v) is 5.12. The highest BCUT2D eigenvalue weighted by atomic mass is 35.5. The molecule has 3 amide bonds. The summed E-state index contributed by atoms with van der Waals surface area (Å²) in [5.74, 6) is -1.04. The zero-order valence-electron chi connectivity index (χ0n) is 16.9. The molecule has 0 unspecified atom stereocenters. The maximum atomic E-state index is 13.1. The molecule has 0 aromatic heterocycles. The Bertz CT molecular complexity index is 1030. The molecule has 0 saturated carbocycles. The van der Waals surface area contributed by atoms with Gasteiger partial charge in [0.05, 0.1) is 18.7 Å². The van der Waals surface area contributed by atoms with Crippen molar-refractivity contribution in [1.29, 1.82) is 0 Å². The van der Waals surface area contributed by atoms with Crippen LogP contribution in [0.4, 0.5) is 11.4 Å². The van der Waals surface area contributed by atoms with Gasteiger partial charge >= 0.3 is 0 Å². The Kier molecular flexibility index (Phi) is 6.54. The van der Waals surface area contributed by atoms with E-state index in [0.29, 0.717) is 22.0 Å². The molecule has 0 fully saturated rings. The van der Waals surface area contributed by atoms with E-state index in [1.165, 1.54) is 14.0 Å². The standard InChI is InChI=1S/C22H22ClN3O4/c1-13-17(23)5-4-6-18(13)25-20-19(21(28)26(22(20)29)11-12-30-3)15-7-9-16(10-8-15)24-14(2)27/h4-10,25H,11-12H2,1-3H3,(H,24,27). The SMILES string of the molecule is COCCN1C(=O)C(Nc2cccc(Cl)c2C)=C(c2ccc(NC(C)=O)cc2)C1=O. The summed E-state index contributed by atoms with van der Waals surface area (Å²) in [7, 11) is 1.51. The lowest BCUT2D eigenvalue weighted by Crippen LogP contribution is -2.35. The third kappa shape index (κ3) is 4.37. The zero-order chi connectivity index (χ0) is 21.8. The number of imide groups is 1. The van der Waals surface area contributed by atoms with Gasteiger partial charge in [-0.2, -0.15) is 0 Å². The number of anilines is 2. The lowest BCUT2D eigenvalue weighted by molar-refractivity contribution is -0.137. The fourth-order valence-corrected chi connectivity index (χ4v) is 3.32. The summed E-state index contributed by atoms with van der Waals surface area (Å²) in [5, 5.41) is 6.34. The van der Waals surface area contributed by atoms with E-state index < -0.39 is 11.8 Å².